The fourth-order valence-electron chi connectivity index (χ4n) is 2.12. The number of nitrogens with zero attached hydrogens (tertiary/aromatic N) is 3. The number of halogens is 2. The van der Waals surface area contributed by atoms with Gasteiger partial charge in [-0.3, -0.25) is 20.4 Å². The summed E-state index contributed by atoms with van der Waals surface area (Å²) in [7, 11) is 0. The largest absolute Gasteiger partial charge is 0.302 e. The molecule has 0 saturated heterocycles. The van der Waals surface area contributed by atoms with Crippen LogP contribution in [0.1, 0.15) is 20.8 Å². The molecule has 26 heavy (non-hydrogen) atoms. The minimum atomic E-state index is -0.342. The zero-order valence-corrected chi connectivity index (χ0v) is 16.9. The molecule has 2 amide bonds. The van der Waals surface area contributed by atoms with Gasteiger partial charge in [0.1, 0.15) is 0 Å². The van der Waals surface area contributed by atoms with Gasteiger partial charge in [0.25, 0.3) is 0 Å². The molecule has 0 aliphatic rings. The molecule has 0 aliphatic carbocycles. The summed E-state index contributed by atoms with van der Waals surface area (Å²) in [5.74, 6) is 0.361. The van der Waals surface area contributed by atoms with Gasteiger partial charge in [-0.05, 0) is 24.1 Å². The highest BCUT2D eigenvalue weighted by Gasteiger charge is 2.18. The lowest BCUT2D eigenvalue weighted by Crippen LogP contribution is -2.41. The summed E-state index contributed by atoms with van der Waals surface area (Å²) in [6, 6.07) is 5.19. The topological polar surface area (TPSA) is 88.9 Å². The van der Waals surface area contributed by atoms with Crippen molar-refractivity contribution in [1.82, 2.24) is 25.6 Å². The third-order valence-electron chi connectivity index (χ3n) is 3.15. The van der Waals surface area contributed by atoms with Gasteiger partial charge >= 0.3 is 0 Å². The van der Waals surface area contributed by atoms with Gasteiger partial charge in [0.05, 0.1) is 10.8 Å². The molecule has 0 spiro atoms. The highest BCUT2D eigenvalue weighted by Crippen LogP contribution is 2.31. The molecular weight excluding hydrogens is 397 g/mol. The predicted molar refractivity (Wildman–Crippen MR) is 103 cm³/mol. The van der Waals surface area contributed by atoms with E-state index in [0.29, 0.717) is 33.5 Å². The van der Waals surface area contributed by atoms with E-state index in [1.165, 1.54) is 18.7 Å². The minimum Gasteiger partial charge on any atom is -0.302 e. The number of hydrazine groups is 1. The van der Waals surface area contributed by atoms with Gasteiger partial charge in [0.2, 0.25) is 11.8 Å². The maximum Gasteiger partial charge on any atom is 0.248 e. The number of thioether (sulfide) groups is 1. The van der Waals surface area contributed by atoms with Crippen LogP contribution in [-0.4, -0.2) is 32.3 Å². The van der Waals surface area contributed by atoms with Gasteiger partial charge in [0.15, 0.2) is 11.0 Å². The first-order valence-electron chi connectivity index (χ1n) is 7.84. The van der Waals surface area contributed by atoms with Crippen molar-refractivity contribution in [2.24, 2.45) is 5.92 Å². The molecule has 0 bridgehead atoms. The molecule has 10 heteroatoms. The zero-order chi connectivity index (χ0) is 19.3. The molecule has 2 N–H and O–H groups in total. The van der Waals surface area contributed by atoms with Crippen LogP contribution in [0.3, 0.4) is 0 Å². The van der Waals surface area contributed by atoms with Crippen LogP contribution in [0.25, 0.3) is 11.4 Å². The molecule has 1 aromatic carbocycles. The van der Waals surface area contributed by atoms with Crippen LogP contribution in [0, 0.1) is 5.92 Å². The summed E-state index contributed by atoms with van der Waals surface area (Å²) >= 11 is 13.5. The summed E-state index contributed by atoms with van der Waals surface area (Å²) in [5.41, 5.74) is 5.28. The van der Waals surface area contributed by atoms with Crippen molar-refractivity contribution >= 4 is 46.8 Å². The van der Waals surface area contributed by atoms with Crippen LogP contribution >= 0.6 is 35.0 Å². The van der Waals surface area contributed by atoms with E-state index in [9.17, 15) is 9.59 Å². The van der Waals surface area contributed by atoms with Crippen molar-refractivity contribution < 1.29 is 9.59 Å². The first-order chi connectivity index (χ1) is 12.3. The van der Waals surface area contributed by atoms with Crippen molar-refractivity contribution in [3.8, 4) is 11.4 Å². The Morgan fingerprint density at radius 3 is 2.58 bits per heavy atom. The van der Waals surface area contributed by atoms with Crippen molar-refractivity contribution in [3.05, 3.63) is 28.2 Å². The molecule has 7 nitrogen and oxygen atoms in total. The summed E-state index contributed by atoms with van der Waals surface area (Å²) in [5, 5.41) is 10.1. The fraction of sp³-hybridized carbons (Fsp3) is 0.375. The van der Waals surface area contributed by atoms with E-state index in [4.69, 9.17) is 23.2 Å². The van der Waals surface area contributed by atoms with Crippen LogP contribution < -0.4 is 10.9 Å². The summed E-state index contributed by atoms with van der Waals surface area (Å²) in [6.45, 7) is 6.13. The molecule has 0 atom stereocenters. The summed E-state index contributed by atoms with van der Waals surface area (Å²) in [6.07, 6.45) is 0. The molecule has 1 aromatic heterocycles. The van der Waals surface area contributed by atoms with Gasteiger partial charge in [0, 0.05) is 24.1 Å². The van der Waals surface area contributed by atoms with E-state index in [1.54, 1.807) is 18.2 Å². The molecule has 0 aliphatic heterocycles. The van der Waals surface area contributed by atoms with Gasteiger partial charge < -0.3 is 4.57 Å². The highest BCUT2D eigenvalue weighted by atomic mass is 35.5. The second-order valence-corrected chi connectivity index (χ2v) is 7.74. The van der Waals surface area contributed by atoms with E-state index in [1.807, 2.05) is 4.57 Å². The summed E-state index contributed by atoms with van der Waals surface area (Å²) < 4.78 is 1.93. The van der Waals surface area contributed by atoms with E-state index in [0.717, 1.165) is 5.56 Å². The normalized spacial score (nSPS) is 10.8. The monoisotopic (exact) mass is 415 g/mol. The van der Waals surface area contributed by atoms with E-state index in [2.05, 4.69) is 34.9 Å². The first-order valence-corrected chi connectivity index (χ1v) is 9.59. The lowest BCUT2D eigenvalue weighted by molar-refractivity contribution is -0.126. The molecular formula is C16H19Cl2N5O2S. The lowest BCUT2D eigenvalue weighted by atomic mass is 10.2. The molecule has 2 rings (SSSR count). The van der Waals surface area contributed by atoms with Crippen molar-refractivity contribution in [3.63, 3.8) is 0 Å². The second-order valence-electron chi connectivity index (χ2n) is 5.95. The number of rotatable bonds is 6. The second kappa shape index (κ2) is 9.25. The number of hydrogen-bond acceptors (Lipinski definition) is 5. The molecule has 0 fully saturated rings. The Kier molecular flexibility index (Phi) is 7.31. The fourth-order valence-corrected chi connectivity index (χ4v) is 3.36. The number of carbonyl (C=O) groups is 2. The van der Waals surface area contributed by atoms with Crippen molar-refractivity contribution in [2.75, 3.05) is 5.75 Å². The van der Waals surface area contributed by atoms with E-state index >= 15 is 0 Å². The Hall–Kier alpha value is -1.77. The number of nitrogens with one attached hydrogen (secondary N) is 2. The predicted octanol–water partition coefficient (Wildman–Crippen LogP) is 3.17. The van der Waals surface area contributed by atoms with Crippen LogP contribution in [0.5, 0.6) is 0 Å². The average Bonchev–Trinajstić information content (AvgIpc) is 2.93. The van der Waals surface area contributed by atoms with E-state index in [-0.39, 0.29) is 17.6 Å². The van der Waals surface area contributed by atoms with E-state index < -0.39 is 0 Å². The van der Waals surface area contributed by atoms with Crippen molar-refractivity contribution in [2.45, 2.75) is 32.5 Å². The lowest BCUT2D eigenvalue weighted by Gasteiger charge is -2.13. The number of hydrogen-bond donors (Lipinski definition) is 2. The Morgan fingerprint density at radius 2 is 1.96 bits per heavy atom. The zero-order valence-electron chi connectivity index (χ0n) is 14.5. The first kappa shape index (κ1) is 20.5. The van der Waals surface area contributed by atoms with Gasteiger partial charge in [-0.2, -0.15) is 0 Å². The maximum atomic E-state index is 11.8. The Bertz CT molecular complexity index is 810. The minimum absolute atomic E-state index is 0.0882. The third kappa shape index (κ3) is 5.62. The van der Waals surface area contributed by atoms with Crippen LogP contribution in [0.2, 0.25) is 10.0 Å². The van der Waals surface area contributed by atoms with Gasteiger partial charge in [-0.25, -0.2) is 0 Å². The number of amides is 2. The molecule has 1 heterocycles. The number of aromatic nitrogens is 3. The van der Waals surface area contributed by atoms with Gasteiger partial charge in [-0.15, -0.1) is 10.2 Å². The number of benzene rings is 1. The SMILES string of the molecule is CC(=O)NNC(=O)CSc1nnc(-c2ccc(Cl)cc2Cl)n1CC(C)C. The standard InChI is InChI=1S/C16H19Cl2N5O2S/c1-9(2)7-23-15(12-5-4-11(17)6-13(12)18)21-22-16(23)26-8-14(25)20-19-10(3)24/h4-6,9H,7-8H2,1-3H3,(H,19,24)(H,20,25). The third-order valence-corrected chi connectivity index (χ3v) is 4.66. The Balaban J connectivity index is 2.23. The highest BCUT2D eigenvalue weighted by molar-refractivity contribution is 7.99. The molecule has 2 aromatic rings. The quantitative estimate of drug-likeness (QED) is 0.558. The average molecular weight is 416 g/mol. The summed E-state index contributed by atoms with van der Waals surface area (Å²) in [4.78, 5) is 22.6. The number of carbonyl (C=O) groups excluding carboxylic acids is 2. The molecule has 0 unspecified atom stereocenters. The molecule has 0 saturated carbocycles. The van der Waals surface area contributed by atoms with Crippen LogP contribution in [-0.2, 0) is 16.1 Å². The maximum absolute atomic E-state index is 11.8. The Morgan fingerprint density at radius 1 is 1.23 bits per heavy atom. The van der Waals surface area contributed by atoms with Crippen LogP contribution in [0.15, 0.2) is 23.4 Å². The Labute approximate surface area is 165 Å². The molecule has 0 radical (unpaired) electrons. The van der Waals surface area contributed by atoms with Crippen LogP contribution in [0.4, 0.5) is 0 Å². The van der Waals surface area contributed by atoms with Crippen molar-refractivity contribution in [1.29, 1.82) is 0 Å². The smallest absolute Gasteiger partial charge is 0.248 e. The van der Waals surface area contributed by atoms with Gasteiger partial charge in [-0.1, -0.05) is 48.8 Å². The molecule has 140 valence electrons.